The first kappa shape index (κ1) is 17.4. The van der Waals surface area contributed by atoms with Gasteiger partial charge in [0.2, 0.25) is 5.91 Å². The van der Waals surface area contributed by atoms with E-state index in [4.69, 9.17) is 0 Å². The van der Waals surface area contributed by atoms with Gasteiger partial charge >= 0.3 is 0 Å². The third-order valence-electron chi connectivity index (χ3n) is 4.19. The van der Waals surface area contributed by atoms with Crippen molar-refractivity contribution in [2.45, 2.75) is 6.92 Å². The maximum absolute atomic E-state index is 11.6. The van der Waals surface area contributed by atoms with Crippen molar-refractivity contribution in [2.24, 2.45) is 0 Å². The minimum absolute atomic E-state index is 0.269. The van der Waals surface area contributed by atoms with Gasteiger partial charge in [0, 0.05) is 11.4 Å². The highest BCUT2D eigenvalue weighted by molar-refractivity contribution is 6.00. The summed E-state index contributed by atoms with van der Waals surface area (Å²) < 4.78 is 1.83. The standard InChI is InChI=1S/C21H18N6O/c1-3-21(28)25-16-8-9-17-18(10-16)27(13-23-17)20-12-22-11-19(26-20)24-15-6-4-14(2)5-7-15/h3-13H,1H2,2H3,(H,24,26)(H,25,28). The highest BCUT2D eigenvalue weighted by atomic mass is 16.1. The number of aromatic nitrogens is 4. The Kier molecular flexibility index (Phi) is 4.55. The second-order valence-electron chi connectivity index (χ2n) is 6.26. The van der Waals surface area contributed by atoms with Crippen LogP contribution in [0.4, 0.5) is 17.2 Å². The number of fused-ring (bicyclic) bond motifs is 1. The van der Waals surface area contributed by atoms with Gasteiger partial charge in [-0.3, -0.25) is 14.3 Å². The van der Waals surface area contributed by atoms with Crippen molar-refractivity contribution in [1.82, 2.24) is 19.5 Å². The van der Waals surface area contributed by atoms with Crippen molar-refractivity contribution in [1.29, 1.82) is 0 Å². The van der Waals surface area contributed by atoms with Gasteiger partial charge in [-0.15, -0.1) is 0 Å². The molecule has 2 heterocycles. The molecule has 1 amide bonds. The van der Waals surface area contributed by atoms with E-state index in [1.54, 1.807) is 24.8 Å². The number of aryl methyl sites for hydroxylation is 1. The molecule has 0 unspecified atom stereocenters. The summed E-state index contributed by atoms with van der Waals surface area (Å²) in [5.74, 6) is 0.973. The summed E-state index contributed by atoms with van der Waals surface area (Å²) in [6, 6.07) is 13.5. The number of imidazole rings is 1. The molecule has 0 fully saturated rings. The Morgan fingerprint density at radius 2 is 1.89 bits per heavy atom. The number of nitrogens with one attached hydrogen (secondary N) is 2. The van der Waals surface area contributed by atoms with Crippen LogP contribution in [0, 0.1) is 6.92 Å². The predicted octanol–water partition coefficient (Wildman–Crippen LogP) is 3.99. The Balaban J connectivity index is 1.67. The van der Waals surface area contributed by atoms with Crippen LogP contribution in [0.1, 0.15) is 5.56 Å². The van der Waals surface area contributed by atoms with Crippen molar-refractivity contribution in [3.05, 3.63) is 79.4 Å². The lowest BCUT2D eigenvalue weighted by molar-refractivity contribution is -0.111. The molecular weight excluding hydrogens is 352 g/mol. The van der Waals surface area contributed by atoms with Crippen LogP contribution in [0.15, 0.2) is 73.8 Å². The molecule has 0 aliphatic carbocycles. The second kappa shape index (κ2) is 7.32. The number of benzene rings is 2. The molecule has 0 bridgehead atoms. The SMILES string of the molecule is C=CC(=O)Nc1ccc2ncn(-c3cncc(Nc4ccc(C)cc4)n3)c2c1. The van der Waals surface area contributed by atoms with E-state index in [1.165, 1.54) is 11.6 Å². The van der Waals surface area contributed by atoms with Crippen molar-refractivity contribution in [3.63, 3.8) is 0 Å². The first-order chi connectivity index (χ1) is 13.6. The fourth-order valence-electron chi connectivity index (χ4n) is 2.78. The molecule has 7 heteroatoms. The minimum Gasteiger partial charge on any atom is -0.339 e. The molecule has 0 aliphatic rings. The molecule has 28 heavy (non-hydrogen) atoms. The molecule has 0 saturated heterocycles. The van der Waals surface area contributed by atoms with E-state index < -0.39 is 0 Å². The molecule has 7 nitrogen and oxygen atoms in total. The summed E-state index contributed by atoms with van der Waals surface area (Å²) in [7, 11) is 0. The van der Waals surface area contributed by atoms with E-state index >= 15 is 0 Å². The highest BCUT2D eigenvalue weighted by Crippen LogP contribution is 2.22. The van der Waals surface area contributed by atoms with E-state index in [0.29, 0.717) is 17.3 Å². The zero-order chi connectivity index (χ0) is 19.5. The van der Waals surface area contributed by atoms with Gasteiger partial charge in [0.05, 0.1) is 23.4 Å². The van der Waals surface area contributed by atoms with Crippen LogP contribution in [-0.4, -0.2) is 25.4 Å². The van der Waals surface area contributed by atoms with E-state index in [9.17, 15) is 4.79 Å². The molecule has 138 valence electrons. The molecule has 0 saturated carbocycles. The summed E-state index contributed by atoms with van der Waals surface area (Å²) in [6.45, 7) is 5.51. The largest absolute Gasteiger partial charge is 0.339 e. The average molecular weight is 370 g/mol. The van der Waals surface area contributed by atoms with Crippen LogP contribution < -0.4 is 10.6 Å². The lowest BCUT2D eigenvalue weighted by Gasteiger charge is -2.09. The van der Waals surface area contributed by atoms with Crippen molar-refractivity contribution in [2.75, 3.05) is 10.6 Å². The number of nitrogens with zero attached hydrogens (tertiary/aromatic N) is 4. The monoisotopic (exact) mass is 370 g/mol. The molecule has 0 aliphatic heterocycles. The van der Waals surface area contributed by atoms with Gasteiger partial charge in [0.15, 0.2) is 11.6 Å². The van der Waals surface area contributed by atoms with Gasteiger partial charge in [-0.2, -0.15) is 0 Å². The highest BCUT2D eigenvalue weighted by Gasteiger charge is 2.09. The molecule has 0 atom stereocenters. The summed E-state index contributed by atoms with van der Waals surface area (Å²) in [5.41, 5.74) is 4.37. The maximum Gasteiger partial charge on any atom is 0.247 e. The third kappa shape index (κ3) is 3.59. The number of rotatable bonds is 5. The lowest BCUT2D eigenvalue weighted by Crippen LogP contribution is -2.07. The summed E-state index contributed by atoms with van der Waals surface area (Å²) >= 11 is 0. The van der Waals surface area contributed by atoms with E-state index in [2.05, 4.69) is 32.2 Å². The van der Waals surface area contributed by atoms with Crippen LogP contribution in [0.5, 0.6) is 0 Å². The van der Waals surface area contributed by atoms with Crippen LogP contribution in [-0.2, 0) is 4.79 Å². The Morgan fingerprint density at radius 1 is 1.11 bits per heavy atom. The Labute approximate surface area is 161 Å². The first-order valence-corrected chi connectivity index (χ1v) is 8.69. The quantitative estimate of drug-likeness (QED) is 0.519. The molecule has 4 rings (SSSR count). The molecule has 0 radical (unpaired) electrons. The zero-order valence-electron chi connectivity index (χ0n) is 15.3. The number of carbonyl (C=O) groups is 1. The van der Waals surface area contributed by atoms with Crippen LogP contribution in [0.25, 0.3) is 16.9 Å². The van der Waals surface area contributed by atoms with Crippen molar-refractivity contribution in [3.8, 4) is 5.82 Å². The minimum atomic E-state index is -0.269. The fourth-order valence-corrected chi connectivity index (χ4v) is 2.78. The molecule has 2 N–H and O–H groups in total. The maximum atomic E-state index is 11.6. The van der Waals surface area contributed by atoms with Gasteiger partial charge in [-0.1, -0.05) is 24.3 Å². The summed E-state index contributed by atoms with van der Waals surface area (Å²) in [4.78, 5) is 24.9. The number of amides is 1. The number of anilines is 3. The third-order valence-corrected chi connectivity index (χ3v) is 4.19. The fraction of sp³-hybridized carbons (Fsp3) is 0.0476. The van der Waals surface area contributed by atoms with Gasteiger partial charge in [0.25, 0.3) is 0 Å². The second-order valence-corrected chi connectivity index (χ2v) is 6.26. The lowest BCUT2D eigenvalue weighted by atomic mass is 10.2. The van der Waals surface area contributed by atoms with Gasteiger partial charge in [-0.05, 0) is 43.3 Å². The van der Waals surface area contributed by atoms with Gasteiger partial charge in [-0.25, -0.2) is 9.97 Å². The molecule has 2 aromatic carbocycles. The predicted molar refractivity (Wildman–Crippen MR) is 110 cm³/mol. The number of carbonyl (C=O) groups excluding carboxylic acids is 1. The number of hydrogen-bond acceptors (Lipinski definition) is 5. The van der Waals surface area contributed by atoms with Crippen LogP contribution in [0.3, 0.4) is 0 Å². The van der Waals surface area contributed by atoms with E-state index in [1.807, 2.05) is 47.9 Å². The normalized spacial score (nSPS) is 10.6. The van der Waals surface area contributed by atoms with Gasteiger partial charge < -0.3 is 10.6 Å². The van der Waals surface area contributed by atoms with Crippen LogP contribution >= 0.6 is 0 Å². The van der Waals surface area contributed by atoms with Crippen molar-refractivity contribution >= 4 is 34.1 Å². The summed E-state index contributed by atoms with van der Waals surface area (Å²) in [6.07, 6.45) is 6.24. The Bertz CT molecular complexity index is 1160. The average Bonchev–Trinajstić information content (AvgIpc) is 3.13. The molecule has 2 aromatic heterocycles. The number of hydrogen-bond donors (Lipinski definition) is 2. The molecular formula is C21H18N6O. The van der Waals surface area contributed by atoms with Crippen LogP contribution in [0.2, 0.25) is 0 Å². The smallest absolute Gasteiger partial charge is 0.247 e. The van der Waals surface area contributed by atoms with Gasteiger partial charge in [0.1, 0.15) is 6.33 Å². The van der Waals surface area contributed by atoms with Crippen molar-refractivity contribution < 1.29 is 4.79 Å². The molecule has 0 spiro atoms. The summed E-state index contributed by atoms with van der Waals surface area (Å²) in [5, 5.41) is 6.01. The Hall–Kier alpha value is -4.00. The zero-order valence-corrected chi connectivity index (χ0v) is 15.3. The van der Waals surface area contributed by atoms with E-state index in [-0.39, 0.29) is 5.91 Å². The molecule has 4 aromatic rings. The van der Waals surface area contributed by atoms with E-state index in [0.717, 1.165) is 16.7 Å². The topological polar surface area (TPSA) is 84.7 Å². The first-order valence-electron chi connectivity index (χ1n) is 8.69. The Morgan fingerprint density at radius 3 is 2.68 bits per heavy atom.